The maximum Gasteiger partial charge on any atom is 0.108 e. The van der Waals surface area contributed by atoms with Gasteiger partial charge < -0.3 is 4.40 Å². The van der Waals surface area contributed by atoms with Crippen molar-refractivity contribution in [2.24, 2.45) is 0 Å². The van der Waals surface area contributed by atoms with Gasteiger partial charge in [0.2, 0.25) is 0 Å². The summed E-state index contributed by atoms with van der Waals surface area (Å²) < 4.78 is 3.59. The van der Waals surface area contributed by atoms with Gasteiger partial charge in [0.05, 0.1) is 10.2 Å². The van der Waals surface area contributed by atoms with Crippen LogP contribution in [0, 0.1) is 0 Å². The van der Waals surface area contributed by atoms with Crippen LogP contribution in [0.2, 0.25) is 0 Å². The number of rotatable bonds is 0. The van der Waals surface area contributed by atoms with Gasteiger partial charge >= 0.3 is 0 Å². The monoisotopic (exact) mass is 224 g/mol. The first-order valence-corrected chi connectivity index (χ1v) is 5.97. The van der Waals surface area contributed by atoms with Crippen LogP contribution in [-0.4, -0.2) is 9.38 Å². The zero-order valence-corrected chi connectivity index (χ0v) is 9.24. The quantitative estimate of drug-likeness (QED) is 0.445. The molecule has 3 heteroatoms. The lowest BCUT2D eigenvalue weighted by Gasteiger charge is -1.88. The van der Waals surface area contributed by atoms with Gasteiger partial charge in [-0.2, -0.15) is 0 Å². The third-order valence-electron chi connectivity index (χ3n) is 2.90. The summed E-state index contributed by atoms with van der Waals surface area (Å²) >= 11 is 1.83. The van der Waals surface area contributed by atoms with Crippen molar-refractivity contribution in [2.45, 2.75) is 0 Å². The molecule has 4 rings (SSSR count). The number of fused-ring (bicyclic) bond motifs is 5. The van der Waals surface area contributed by atoms with Gasteiger partial charge in [-0.1, -0.05) is 12.1 Å². The van der Waals surface area contributed by atoms with Gasteiger partial charge in [-0.05, 0) is 18.2 Å². The molecule has 3 aromatic heterocycles. The zero-order chi connectivity index (χ0) is 10.5. The molecule has 0 unspecified atom stereocenters. The SMILES string of the molecule is c1ccc2c(c1)sc1c3ccncc3cn21. The molecule has 0 spiro atoms. The highest BCUT2D eigenvalue weighted by Crippen LogP contribution is 2.32. The lowest BCUT2D eigenvalue weighted by Crippen LogP contribution is -1.73. The summed E-state index contributed by atoms with van der Waals surface area (Å²) in [6.45, 7) is 0. The second-order valence-corrected chi connectivity index (χ2v) is 4.87. The van der Waals surface area contributed by atoms with Crippen molar-refractivity contribution in [1.29, 1.82) is 0 Å². The number of aromatic nitrogens is 2. The highest BCUT2D eigenvalue weighted by molar-refractivity contribution is 7.24. The van der Waals surface area contributed by atoms with Crippen molar-refractivity contribution in [3.05, 3.63) is 48.9 Å². The summed E-state index contributed by atoms with van der Waals surface area (Å²) in [5.41, 5.74) is 1.28. The average Bonchev–Trinajstić information content (AvgIpc) is 2.85. The highest BCUT2D eigenvalue weighted by Gasteiger charge is 2.08. The molecule has 76 valence electrons. The maximum atomic E-state index is 4.16. The Morgan fingerprint density at radius 1 is 1.12 bits per heavy atom. The summed E-state index contributed by atoms with van der Waals surface area (Å²) in [5.74, 6) is 0. The van der Waals surface area contributed by atoms with E-state index in [4.69, 9.17) is 0 Å². The number of benzene rings is 1. The van der Waals surface area contributed by atoms with Gasteiger partial charge in [-0.25, -0.2) is 0 Å². The van der Waals surface area contributed by atoms with E-state index in [-0.39, 0.29) is 0 Å². The van der Waals surface area contributed by atoms with Gasteiger partial charge in [-0.15, -0.1) is 11.3 Å². The third-order valence-corrected chi connectivity index (χ3v) is 4.08. The van der Waals surface area contributed by atoms with E-state index in [0.717, 1.165) is 0 Å². The van der Waals surface area contributed by atoms with Crippen molar-refractivity contribution in [3.8, 4) is 0 Å². The molecular formula is C13H8N2S. The summed E-state index contributed by atoms with van der Waals surface area (Å²) in [4.78, 5) is 5.46. The predicted octanol–water partition coefficient (Wildman–Crippen LogP) is 3.70. The average molecular weight is 224 g/mol. The van der Waals surface area contributed by atoms with Crippen LogP contribution in [0.25, 0.3) is 25.8 Å². The van der Waals surface area contributed by atoms with Crippen LogP contribution in [-0.2, 0) is 0 Å². The fourth-order valence-electron chi connectivity index (χ4n) is 2.16. The van der Waals surface area contributed by atoms with Gasteiger partial charge in [0.15, 0.2) is 0 Å². The zero-order valence-electron chi connectivity index (χ0n) is 8.42. The molecule has 4 aromatic rings. The Balaban J connectivity index is 2.35. The Labute approximate surface area is 95.8 Å². The molecule has 0 aliphatic heterocycles. The Morgan fingerprint density at radius 3 is 3.06 bits per heavy atom. The van der Waals surface area contributed by atoms with Crippen LogP contribution in [0.15, 0.2) is 48.9 Å². The highest BCUT2D eigenvalue weighted by atomic mass is 32.1. The minimum absolute atomic E-state index is 1.21. The molecule has 0 radical (unpaired) electrons. The van der Waals surface area contributed by atoms with E-state index < -0.39 is 0 Å². The van der Waals surface area contributed by atoms with E-state index in [1.165, 1.54) is 25.8 Å². The first-order valence-electron chi connectivity index (χ1n) is 5.16. The summed E-state index contributed by atoms with van der Waals surface area (Å²) in [5, 5.41) is 2.50. The van der Waals surface area contributed by atoms with Gasteiger partial charge in [0, 0.05) is 29.4 Å². The summed E-state index contributed by atoms with van der Waals surface area (Å²) in [7, 11) is 0. The number of para-hydroxylation sites is 1. The maximum absolute atomic E-state index is 4.16. The molecule has 0 fully saturated rings. The van der Waals surface area contributed by atoms with E-state index in [2.05, 4.69) is 45.9 Å². The van der Waals surface area contributed by atoms with Crippen molar-refractivity contribution in [1.82, 2.24) is 9.38 Å². The molecular weight excluding hydrogens is 216 g/mol. The van der Waals surface area contributed by atoms with Gasteiger partial charge in [0.25, 0.3) is 0 Å². The Hall–Kier alpha value is -1.87. The molecule has 0 atom stereocenters. The molecule has 1 aromatic carbocycles. The van der Waals surface area contributed by atoms with Crippen LogP contribution in [0.5, 0.6) is 0 Å². The Morgan fingerprint density at radius 2 is 2.06 bits per heavy atom. The molecule has 16 heavy (non-hydrogen) atoms. The number of pyridine rings is 1. The lowest BCUT2D eigenvalue weighted by atomic mass is 10.3. The molecule has 0 N–H and O–H groups in total. The molecule has 2 nitrogen and oxygen atoms in total. The van der Waals surface area contributed by atoms with Crippen LogP contribution < -0.4 is 0 Å². The topological polar surface area (TPSA) is 17.3 Å². The standard InChI is InChI=1S/C13H8N2S/c1-2-4-12-11(3-1)15-8-9-7-14-6-5-10(9)13(15)16-12/h1-8H. The van der Waals surface area contributed by atoms with Gasteiger partial charge in [-0.3, -0.25) is 4.98 Å². The van der Waals surface area contributed by atoms with Crippen molar-refractivity contribution < 1.29 is 0 Å². The van der Waals surface area contributed by atoms with E-state index in [9.17, 15) is 0 Å². The fourth-order valence-corrected chi connectivity index (χ4v) is 3.33. The largest absolute Gasteiger partial charge is 0.306 e. The van der Waals surface area contributed by atoms with Crippen molar-refractivity contribution in [3.63, 3.8) is 0 Å². The molecule has 0 bridgehead atoms. The number of hydrogen-bond acceptors (Lipinski definition) is 2. The molecule has 0 aliphatic carbocycles. The first kappa shape index (κ1) is 8.30. The summed E-state index contributed by atoms with van der Waals surface area (Å²) in [6, 6.07) is 10.6. The van der Waals surface area contributed by atoms with Crippen LogP contribution in [0.1, 0.15) is 0 Å². The summed E-state index contributed by atoms with van der Waals surface area (Å²) in [6.07, 6.45) is 5.94. The van der Waals surface area contributed by atoms with Crippen LogP contribution in [0.3, 0.4) is 0 Å². The van der Waals surface area contributed by atoms with E-state index in [1.807, 2.05) is 23.7 Å². The predicted molar refractivity (Wildman–Crippen MR) is 68.1 cm³/mol. The van der Waals surface area contributed by atoms with Gasteiger partial charge in [0.1, 0.15) is 4.83 Å². The first-order chi connectivity index (χ1) is 7.93. The molecule has 0 amide bonds. The number of nitrogens with zero attached hydrogens (tertiary/aromatic N) is 2. The van der Waals surface area contributed by atoms with Crippen molar-refractivity contribution in [2.75, 3.05) is 0 Å². The molecule has 3 heterocycles. The minimum atomic E-state index is 1.21. The smallest absolute Gasteiger partial charge is 0.108 e. The third kappa shape index (κ3) is 0.933. The van der Waals surface area contributed by atoms with Crippen LogP contribution >= 0.6 is 11.3 Å². The molecule has 0 aliphatic rings. The van der Waals surface area contributed by atoms with E-state index in [1.54, 1.807) is 0 Å². The van der Waals surface area contributed by atoms with E-state index >= 15 is 0 Å². The second kappa shape index (κ2) is 2.83. The van der Waals surface area contributed by atoms with Crippen molar-refractivity contribution >= 4 is 37.2 Å². The van der Waals surface area contributed by atoms with E-state index in [0.29, 0.717) is 0 Å². The second-order valence-electron chi connectivity index (χ2n) is 3.84. The Bertz CT molecular complexity index is 741. The number of hydrogen-bond donors (Lipinski definition) is 0. The van der Waals surface area contributed by atoms with Crippen LogP contribution in [0.4, 0.5) is 0 Å². The Kier molecular flexibility index (Phi) is 1.47. The minimum Gasteiger partial charge on any atom is -0.306 e. The fraction of sp³-hybridized carbons (Fsp3) is 0. The normalized spacial score (nSPS) is 11.8. The molecule has 0 saturated carbocycles. The lowest BCUT2D eigenvalue weighted by molar-refractivity contribution is 1.31. The number of thiazole rings is 1. The molecule has 0 saturated heterocycles.